The smallest absolute Gasteiger partial charge is 0.335 e. The molecular formula is C14H17NO2S. The van der Waals surface area contributed by atoms with Gasteiger partial charge >= 0.3 is 5.97 Å². The van der Waals surface area contributed by atoms with Crippen molar-refractivity contribution in [3.63, 3.8) is 0 Å². The average molecular weight is 263 g/mol. The van der Waals surface area contributed by atoms with Gasteiger partial charge in [-0.3, -0.25) is 0 Å². The van der Waals surface area contributed by atoms with Gasteiger partial charge in [0.2, 0.25) is 0 Å². The molecule has 0 aliphatic heterocycles. The van der Waals surface area contributed by atoms with Crippen LogP contribution < -0.4 is 4.31 Å². The molecule has 1 N–H and O–H groups in total. The van der Waals surface area contributed by atoms with Crippen molar-refractivity contribution in [2.45, 2.75) is 13.3 Å². The van der Waals surface area contributed by atoms with Crippen LogP contribution in [0.25, 0.3) is 6.08 Å². The second-order valence-electron chi connectivity index (χ2n) is 4.88. The van der Waals surface area contributed by atoms with Crippen molar-refractivity contribution in [1.82, 2.24) is 0 Å². The van der Waals surface area contributed by atoms with E-state index in [9.17, 15) is 4.79 Å². The Kier molecular flexibility index (Phi) is 3.66. The fourth-order valence-electron chi connectivity index (χ4n) is 1.89. The van der Waals surface area contributed by atoms with Crippen LogP contribution in [-0.2, 0) is 0 Å². The Balaban J connectivity index is 2.28. The number of aromatic carboxylic acids is 1. The monoisotopic (exact) mass is 263 g/mol. The summed E-state index contributed by atoms with van der Waals surface area (Å²) in [6, 6.07) is 5.24. The first-order chi connectivity index (χ1) is 8.47. The van der Waals surface area contributed by atoms with Crippen molar-refractivity contribution in [2.75, 3.05) is 11.4 Å². The molecule has 0 spiro atoms. The topological polar surface area (TPSA) is 40.5 Å². The summed E-state index contributed by atoms with van der Waals surface area (Å²) < 4.78 is 1.61. The fraction of sp³-hybridized carbons (Fsp3) is 0.357. The molecule has 0 heterocycles. The summed E-state index contributed by atoms with van der Waals surface area (Å²) in [7, 11) is 1.78. The molecule has 0 aromatic heterocycles. The third-order valence-electron chi connectivity index (χ3n) is 3.27. The van der Waals surface area contributed by atoms with Crippen molar-refractivity contribution in [2.24, 2.45) is 11.8 Å². The second-order valence-corrected chi connectivity index (χ2v) is 5.48. The number of benzene rings is 1. The van der Waals surface area contributed by atoms with Crippen molar-refractivity contribution < 1.29 is 9.90 Å². The maximum atomic E-state index is 11.1. The maximum Gasteiger partial charge on any atom is 0.335 e. The first kappa shape index (κ1) is 13.0. The van der Waals surface area contributed by atoms with Crippen LogP contribution in [0.5, 0.6) is 0 Å². The first-order valence-corrected chi connectivity index (χ1v) is 6.36. The van der Waals surface area contributed by atoms with Crippen molar-refractivity contribution >= 4 is 30.5 Å². The van der Waals surface area contributed by atoms with Crippen LogP contribution in [0.1, 0.15) is 29.3 Å². The number of nitrogens with zero attached hydrogens (tertiary/aromatic N) is 1. The van der Waals surface area contributed by atoms with Gasteiger partial charge in [0, 0.05) is 12.7 Å². The number of carboxylic acids is 1. The van der Waals surface area contributed by atoms with Crippen LogP contribution in [0.3, 0.4) is 0 Å². The number of allylic oxidation sites excluding steroid dienone is 1. The minimum atomic E-state index is -0.915. The highest BCUT2D eigenvalue weighted by atomic mass is 32.1. The zero-order chi connectivity index (χ0) is 13.3. The second kappa shape index (κ2) is 5.06. The number of hydrogen-bond acceptors (Lipinski definition) is 3. The SMILES string of the molecule is C[C@@H]1C[C@H]1/C=C\c1cc(C(=O)O)cc(N(C)S)c1. The molecule has 0 radical (unpaired) electrons. The van der Waals surface area contributed by atoms with E-state index in [-0.39, 0.29) is 5.56 Å². The van der Waals surface area contributed by atoms with Gasteiger partial charge in [-0.2, -0.15) is 0 Å². The molecule has 18 heavy (non-hydrogen) atoms. The molecule has 1 aliphatic rings. The third-order valence-corrected chi connectivity index (χ3v) is 3.50. The Labute approximate surface area is 113 Å². The zero-order valence-corrected chi connectivity index (χ0v) is 11.4. The van der Waals surface area contributed by atoms with Gasteiger partial charge in [-0.05, 0) is 42.0 Å². The van der Waals surface area contributed by atoms with E-state index in [0.29, 0.717) is 5.92 Å². The molecule has 4 heteroatoms. The van der Waals surface area contributed by atoms with Crippen LogP contribution in [0.2, 0.25) is 0 Å². The molecule has 1 aromatic carbocycles. The minimum Gasteiger partial charge on any atom is -0.478 e. The van der Waals surface area contributed by atoms with E-state index >= 15 is 0 Å². The number of anilines is 1. The molecule has 1 aromatic rings. The number of hydrogen-bond donors (Lipinski definition) is 2. The van der Waals surface area contributed by atoms with E-state index in [0.717, 1.165) is 17.2 Å². The van der Waals surface area contributed by atoms with Crippen LogP contribution in [0.15, 0.2) is 24.3 Å². The summed E-state index contributed by atoms with van der Waals surface area (Å²) in [6.45, 7) is 2.22. The Morgan fingerprint density at radius 1 is 1.50 bits per heavy atom. The van der Waals surface area contributed by atoms with Crippen LogP contribution >= 0.6 is 12.8 Å². The van der Waals surface area contributed by atoms with E-state index in [4.69, 9.17) is 5.11 Å². The fourth-order valence-corrected chi connectivity index (χ4v) is 2.01. The van der Waals surface area contributed by atoms with E-state index in [2.05, 4.69) is 25.8 Å². The maximum absolute atomic E-state index is 11.1. The largest absolute Gasteiger partial charge is 0.478 e. The molecule has 1 fully saturated rings. The van der Waals surface area contributed by atoms with Crippen molar-refractivity contribution in [1.29, 1.82) is 0 Å². The Morgan fingerprint density at radius 3 is 2.67 bits per heavy atom. The molecule has 0 saturated heterocycles. The predicted octanol–water partition coefficient (Wildman–Crippen LogP) is 3.34. The van der Waals surface area contributed by atoms with Crippen LogP contribution in [-0.4, -0.2) is 18.1 Å². The Hall–Kier alpha value is -1.42. The average Bonchev–Trinajstić information content (AvgIpc) is 3.02. The molecule has 2 rings (SSSR count). The summed E-state index contributed by atoms with van der Waals surface area (Å²) in [5.74, 6) is 0.494. The molecule has 96 valence electrons. The van der Waals surface area contributed by atoms with Crippen molar-refractivity contribution in [3.05, 3.63) is 35.4 Å². The molecule has 2 atom stereocenters. The summed E-state index contributed by atoms with van der Waals surface area (Å²) in [5, 5.41) is 9.08. The molecule has 1 saturated carbocycles. The molecule has 0 unspecified atom stereocenters. The molecule has 1 aliphatic carbocycles. The lowest BCUT2D eigenvalue weighted by atomic mass is 10.1. The number of carboxylic acid groups (broad SMARTS) is 1. The first-order valence-electron chi connectivity index (χ1n) is 5.96. The van der Waals surface area contributed by atoms with Gasteiger partial charge in [0.05, 0.1) is 5.56 Å². The van der Waals surface area contributed by atoms with E-state index in [1.807, 2.05) is 12.1 Å². The van der Waals surface area contributed by atoms with E-state index < -0.39 is 5.97 Å². The van der Waals surface area contributed by atoms with Gasteiger partial charge in [0.1, 0.15) is 0 Å². The number of carbonyl (C=O) groups is 1. The van der Waals surface area contributed by atoms with Gasteiger partial charge in [-0.25, -0.2) is 4.79 Å². The van der Waals surface area contributed by atoms with Gasteiger partial charge in [0.25, 0.3) is 0 Å². The molecule has 0 amide bonds. The highest BCUT2D eigenvalue weighted by Gasteiger charge is 2.29. The van der Waals surface area contributed by atoms with Gasteiger partial charge < -0.3 is 9.41 Å². The molecule has 0 bridgehead atoms. The van der Waals surface area contributed by atoms with E-state index in [1.165, 1.54) is 6.42 Å². The summed E-state index contributed by atoms with van der Waals surface area (Å²) in [6.07, 6.45) is 5.39. The highest BCUT2D eigenvalue weighted by molar-refractivity contribution is 7.81. The van der Waals surface area contributed by atoms with E-state index in [1.54, 1.807) is 23.5 Å². The van der Waals surface area contributed by atoms with Gasteiger partial charge in [-0.15, -0.1) is 0 Å². The number of thiol groups is 1. The highest BCUT2D eigenvalue weighted by Crippen LogP contribution is 2.39. The Morgan fingerprint density at radius 2 is 2.17 bits per heavy atom. The lowest BCUT2D eigenvalue weighted by molar-refractivity contribution is 0.0697. The normalized spacial score (nSPS) is 22.2. The summed E-state index contributed by atoms with van der Waals surface area (Å²) >= 11 is 4.20. The van der Waals surface area contributed by atoms with Crippen molar-refractivity contribution in [3.8, 4) is 0 Å². The van der Waals surface area contributed by atoms with Crippen LogP contribution in [0, 0.1) is 11.8 Å². The predicted molar refractivity (Wildman–Crippen MR) is 77.1 cm³/mol. The summed E-state index contributed by atoms with van der Waals surface area (Å²) in [5.41, 5.74) is 1.98. The Bertz CT molecular complexity index is 497. The number of rotatable bonds is 4. The lowest BCUT2D eigenvalue weighted by Gasteiger charge is -2.12. The quantitative estimate of drug-likeness (QED) is 0.819. The van der Waals surface area contributed by atoms with Gasteiger partial charge in [0.15, 0.2) is 0 Å². The lowest BCUT2D eigenvalue weighted by Crippen LogP contribution is -2.04. The minimum absolute atomic E-state index is 0.289. The molecular weight excluding hydrogens is 246 g/mol. The summed E-state index contributed by atoms with van der Waals surface area (Å²) in [4.78, 5) is 11.1. The standard InChI is InChI=1S/C14H17NO2S/c1-9-5-11(9)4-3-10-6-12(14(16)17)8-13(7-10)15(2)18/h3-4,6-9,11,18H,5H2,1-2H3,(H,16,17)/b4-3-/t9-,11-/m1/s1. The molecule has 3 nitrogen and oxygen atoms in total. The third kappa shape index (κ3) is 3.07. The zero-order valence-electron chi connectivity index (χ0n) is 10.5. The van der Waals surface area contributed by atoms with Gasteiger partial charge in [-0.1, -0.05) is 31.9 Å². The van der Waals surface area contributed by atoms with Crippen LogP contribution in [0.4, 0.5) is 5.69 Å².